The van der Waals surface area contributed by atoms with Crippen LogP contribution in [0.4, 0.5) is 0 Å². The predicted octanol–water partition coefficient (Wildman–Crippen LogP) is 3.39. The molecule has 2 aliphatic heterocycles. The number of carbonyl (C=O) groups excluding carboxylic acids is 2. The molecule has 0 spiro atoms. The summed E-state index contributed by atoms with van der Waals surface area (Å²) in [6.07, 6.45) is 0. The molecule has 1 aromatic carbocycles. The second-order valence-corrected chi connectivity index (χ2v) is 6.78. The zero-order chi connectivity index (χ0) is 18.8. The number of rotatable bonds is 4. The maximum Gasteiger partial charge on any atom is 0.346 e. The molecule has 0 saturated carbocycles. The van der Waals surface area contributed by atoms with E-state index in [-0.39, 0.29) is 5.97 Å². The van der Waals surface area contributed by atoms with Gasteiger partial charge in [0.15, 0.2) is 5.17 Å². The normalized spacial score (nSPS) is 19.3. The van der Waals surface area contributed by atoms with Gasteiger partial charge in [0.05, 0.1) is 31.0 Å². The Labute approximate surface area is 156 Å². The van der Waals surface area contributed by atoms with E-state index in [1.807, 2.05) is 42.2 Å². The molecule has 0 unspecified atom stereocenters. The first-order chi connectivity index (χ1) is 12.5. The number of methoxy groups -OCH3 is 1. The number of amidine groups is 1. The molecule has 0 N–H and O–H groups in total. The minimum atomic E-state index is -0.429. The van der Waals surface area contributed by atoms with Crippen LogP contribution in [0, 0.1) is 0 Å². The van der Waals surface area contributed by atoms with E-state index in [4.69, 9.17) is 9.47 Å². The standard InChI is InChI=1S/C19H20N2O4S/c1-5-25-18(23)16-12(3)21-15(13-9-7-6-8-10-13)14(17(22)24-4)11(2)20-19(21)26-16/h6-10,15H,5H2,1-4H3/t15-/m1/s1. The zero-order valence-electron chi connectivity index (χ0n) is 15.1. The van der Waals surface area contributed by atoms with E-state index in [1.165, 1.54) is 18.9 Å². The number of fused-ring (bicyclic) bond motifs is 1. The van der Waals surface area contributed by atoms with Crippen molar-refractivity contribution < 1.29 is 19.1 Å². The van der Waals surface area contributed by atoms with Crippen molar-refractivity contribution in [1.29, 1.82) is 0 Å². The van der Waals surface area contributed by atoms with Crippen LogP contribution in [0.25, 0.3) is 0 Å². The summed E-state index contributed by atoms with van der Waals surface area (Å²) in [4.78, 5) is 31.7. The minimum Gasteiger partial charge on any atom is -0.466 e. The fourth-order valence-electron chi connectivity index (χ4n) is 3.08. The van der Waals surface area contributed by atoms with Gasteiger partial charge < -0.3 is 14.4 Å². The number of allylic oxidation sites excluding steroid dienone is 2. The van der Waals surface area contributed by atoms with Crippen LogP contribution in [-0.2, 0) is 19.1 Å². The van der Waals surface area contributed by atoms with Gasteiger partial charge in [-0.05, 0) is 38.1 Å². The number of hydrogen-bond acceptors (Lipinski definition) is 7. The van der Waals surface area contributed by atoms with E-state index in [0.29, 0.717) is 27.9 Å². The van der Waals surface area contributed by atoms with Crippen molar-refractivity contribution in [1.82, 2.24) is 4.90 Å². The number of hydrogen-bond donors (Lipinski definition) is 0. The largest absolute Gasteiger partial charge is 0.466 e. The highest BCUT2D eigenvalue weighted by molar-refractivity contribution is 8.18. The summed E-state index contributed by atoms with van der Waals surface area (Å²) < 4.78 is 10.2. The minimum absolute atomic E-state index is 0.301. The van der Waals surface area contributed by atoms with Crippen molar-refractivity contribution in [3.8, 4) is 0 Å². The monoisotopic (exact) mass is 372 g/mol. The van der Waals surface area contributed by atoms with E-state index >= 15 is 0 Å². The number of carbonyl (C=O) groups is 2. The van der Waals surface area contributed by atoms with E-state index in [0.717, 1.165) is 11.3 Å². The fourth-order valence-corrected chi connectivity index (χ4v) is 4.18. The van der Waals surface area contributed by atoms with Crippen LogP contribution in [0.2, 0.25) is 0 Å². The van der Waals surface area contributed by atoms with Gasteiger partial charge in [0.25, 0.3) is 0 Å². The predicted molar refractivity (Wildman–Crippen MR) is 100 cm³/mol. The van der Waals surface area contributed by atoms with E-state index in [1.54, 1.807) is 13.8 Å². The number of benzene rings is 1. The molecule has 0 fully saturated rings. The van der Waals surface area contributed by atoms with E-state index in [2.05, 4.69) is 4.99 Å². The highest BCUT2D eigenvalue weighted by Gasteiger charge is 2.43. The Morgan fingerprint density at radius 3 is 2.50 bits per heavy atom. The molecule has 136 valence electrons. The van der Waals surface area contributed by atoms with Gasteiger partial charge in [0, 0.05) is 5.70 Å². The second kappa shape index (κ2) is 7.37. The van der Waals surface area contributed by atoms with E-state index in [9.17, 15) is 9.59 Å². The molecular weight excluding hydrogens is 352 g/mol. The van der Waals surface area contributed by atoms with Crippen LogP contribution in [0.3, 0.4) is 0 Å². The summed E-state index contributed by atoms with van der Waals surface area (Å²) in [5, 5.41) is 0.657. The molecule has 6 nitrogen and oxygen atoms in total. The number of nitrogens with zero attached hydrogens (tertiary/aromatic N) is 2. The zero-order valence-corrected chi connectivity index (χ0v) is 15.9. The topological polar surface area (TPSA) is 68.2 Å². The molecule has 2 aliphatic rings. The lowest BCUT2D eigenvalue weighted by Gasteiger charge is -2.35. The molecular formula is C19H20N2O4S. The lowest BCUT2D eigenvalue weighted by molar-refractivity contribution is -0.138. The SMILES string of the molecule is CCOC(=O)C1=C(C)N2C(=NC(C)=C(C(=O)OC)[C@H]2c2ccccc2)S1. The van der Waals surface area contributed by atoms with Gasteiger partial charge in [-0.25, -0.2) is 14.6 Å². The summed E-state index contributed by atoms with van der Waals surface area (Å²) in [5.74, 6) is -0.808. The Morgan fingerprint density at radius 2 is 1.88 bits per heavy atom. The van der Waals surface area contributed by atoms with Crippen LogP contribution >= 0.6 is 11.8 Å². The molecule has 2 heterocycles. The maximum absolute atomic E-state index is 12.5. The van der Waals surface area contributed by atoms with Gasteiger partial charge >= 0.3 is 11.9 Å². The fraction of sp³-hybridized carbons (Fsp3) is 0.316. The van der Waals surface area contributed by atoms with Crippen LogP contribution in [-0.4, -0.2) is 35.7 Å². The molecule has 26 heavy (non-hydrogen) atoms. The van der Waals surface area contributed by atoms with Gasteiger partial charge in [-0.1, -0.05) is 30.3 Å². The van der Waals surface area contributed by atoms with E-state index < -0.39 is 12.0 Å². The lowest BCUT2D eigenvalue weighted by atomic mass is 9.94. The number of aliphatic imine (C=N–C) groups is 1. The Balaban J connectivity index is 2.14. The van der Waals surface area contributed by atoms with Crippen LogP contribution in [0.15, 0.2) is 57.2 Å². The summed E-state index contributed by atoms with van der Waals surface area (Å²) >= 11 is 1.27. The quantitative estimate of drug-likeness (QED) is 0.755. The second-order valence-electron chi connectivity index (χ2n) is 5.81. The van der Waals surface area contributed by atoms with Crippen molar-refractivity contribution in [3.05, 3.63) is 57.8 Å². The molecule has 0 bridgehead atoms. The molecule has 3 rings (SSSR count). The van der Waals surface area contributed by atoms with Crippen LogP contribution in [0.5, 0.6) is 0 Å². The highest BCUT2D eigenvalue weighted by atomic mass is 32.2. The Hall–Kier alpha value is -2.54. The molecule has 0 radical (unpaired) electrons. The highest BCUT2D eigenvalue weighted by Crippen LogP contribution is 2.47. The number of ether oxygens (including phenoxy) is 2. The smallest absolute Gasteiger partial charge is 0.346 e. The molecule has 7 heteroatoms. The molecule has 0 amide bonds. The summed E-state index contributed by atoms with van der Waals surface area (Å²) in [7, 11) is 1.36. The summed E-state index contributed by atoms with van der Waals surface area (Å²) in [6.45, 7) is 5.69. The molecule has 0 aliphatic carbocycles. The van der Waals surface area contributed by atoms with Gasteiger partial charge in [0.2, 0.25) is 0 Å². The molecule has 0 saturated heterocycles. The Kier molecular flexibility index (Phi) is 5.18. The first-order valence-corrected chi connectivity index (χ1v) is 9.09. The third-order valence-electron chi connectivity index (χ3n) is 4.26. The average molecular weight is 372 g/mol. The van der Waals surface area contributed by atoms with Crippen molar-refractivity contribution in [2.45, 2.75) is 26.8 Å². The van der Waals surface area contributed by atoms with Gasteiger partial charge in [-0.3, -0.25) is 0 Å². The van der Waals surface area contributed by atoms with Crippen molar-refractivity contribution in [2.75, 3.05) is 13.7 Å². The summed E-state index contributed by atoms with van der Waals surface area (Å²) in [6, 6.07) is 9.24. The lowest BCUT2D eigenvalue weighted by Crippen LogP contribution is -2.35. The molecule has 1 atom stereocenters. The number of thioether (sulfide) groups is 1. The molecule has 1 aromatic rings. The van der Waals surface area contributed by atoms with Gasteiger partial charge in [-0.15, -0.1) is 0 Å². The maximum atomic E-state index is 12.5. The third kappa shape index (κ3) is 3.03. The van der Waals surface area contributed by atoms with Gasteiger partial charge in [0.1, 0.15) is 4.91 Å². The van der Waals surface area contributed by atoms with Crippen LogP contribution in [0.1, 0.15) is 32.4 Å². The average Bonchev–Trinajstić information content (AvgIpc) is 2.97. The van der Waals surface area contributed by atoms with Gasteiger partial charge in [-0.2, -0.15) is 0 Å². The van der Waals surface area contributed by atoms with Crippen molar-refractivity contribution >= 4 is 28.9 Å². The Morgan fingerprint density at radius 1 is 1.19 bits per heavy atom. The number of esters is 2. The third-order valence-corrected chi connectivity index (χ3v) is 5.39. The van der Waals surface area contributed by atoms with Crippen LogP contribution < -0.4 is 0 Å². The Bertz CT molecular complexity index is 842. The first kappa shape index (κ1) is 18.3. The summed E-state index contributed by atoms with van der Waals surface area (Å²) in [5.41, 5.74) is 2.69. The first-order valence-electron chi connectivity index (χ1n) is 8.27. The molecule has 0 aromatic heterocycles. The van der Waals surface area contributed by atoms with Crippen molar-refractivity contribution in [2.24, 2.45) is 4.99 Å². The van der Waals surface area contributed by atoms with Crippen molar-refractivity contribution in [3.63, 3.8) is 0 Å².